The fourth-order valence-corrected chi connectivity index (χ4v) is 3.78. The summed E-state index contributed by atoms with van der Waals surface area (Å²) in [6.07, 6.45) is 4.50. The number of likely N-dealkylation sites (tertiary alicyclic amines) is 2. The molecule has 24 heavy (non-hydrogen) atoms. The minimum Gasteiger partial charge on any atom is -0.395 e. The summed E-state index contributed by atoms with van der Waals surface area (Å²) in [5.74, 6) is -1.90. The number of carbonyl (C=O) groups excluding carboxylic acids is 1. The highest BCUT2D eigenvalue weighted by Gasteiger charge is 2.47. The second kappa shape index (κ2) is 6.76. The molecule has 0 unspecified atom stereocenters. The largest absolute Gasteiger partial charge is 0.395 e. The molecular formula is C16H24F2N4O2. The lowest BCUT2D eigenvalue weighted by Crippen LogP contribution is -2.49. The van der Waals surface area contributed by atoms with Crippen molar-refractivity contribution >= 4 is 5.91 Å². The number of rotatable bonds is 4. The van der Waals surface area contributed by atoms with Gasteiger partial charge in [-0.2, -0.15) is 0 Å². The lowest BCUT2D eigenvalue weighted by molar-refractivity contribution is -0.133. The molecule has 0 saturated carbocycles. The zero-order valence-electron chi connectivity index (χ0n) is 13.9. The fraction of sp³-hybridized carbons (Fsp3) is 0.750. The van der Waals surface area contributed by atoms with Gasteiger partial charge in [-0.25, -0.2) is 13.8 Å². The van der Waals surface area contributed by atoms with E-state index in [1.54, 1.807) is 26.8 Å². The Balaban J connectivity index is 1.54. The van der Waals surface area contributed by atoms with Gasteiger partial charge >= 0.3 is 0 Å². The van der Waals surface area contributed by atoms with Crippen LogP contribution in [0.5, 0.6) is 0 Å². The maximum Gasteiger partial charge on any atom is 0.262 e. The number of piperidine rings is 1. The summed E-state index contributed by atoms with van der Waals surface area (Å²) < 4.78 is 29.0. The number of aryl methyl sites for hydroxylation is 1. The number of nitrogens with zero attached hydrogens (tertiary/aromatic N) is 4. The third-order valence-electron chi connectivity index (χ3n) is 5.14. The van der Waals surface area contributed by atoms with Gasteiger partial charge in [-0.05, 0) is 19.8 Å². The monoisotopic (exact) mass is 342 g/mol. The van der Waals surface area contributed by atoms with E-state index in [1.807, 2.05) is 6.92 Å². The molecule has 2 aliphatic rings. The van der Waals surface area contributed by atoms with E-state index >= 15 is 0 Å². The van der Waals surface area contributed by atoms with Crippen LogP contribution in [0.2, 0.25) is 0 Å². The Kier molecular flexibility index (Phi) is 4.87. The molecule has 1 aromatic rings. The number of hydrogen-bond donors (Lipinski definition) is 1. The van der Waals surface area contributed by atoms with Gasteiger partial charge in [-0.3, -0.25) is 9.69 Å². The van der Waals surface area contributed by atoms with E-state index in [2.05, 4.69) is 4.98 Å². The third-order valence-corrected chi connectivity index (χ3v) is 5.14. The number of carbonyl (C=O) groups is 1. The molecule has 1 aromatic heterocycles. The third kappa shape index (κ3) is 3.59. The van der Waals surface area contributed by atoms with Crippen LogP contribution in [0, 0.1) is 6.92 Å². The lowest BCUT2D eigenvalue weighted by atomic mass is 10.0. The second-order valence-corrected chi connectivity index (χ2v) is 6.78. The van der Waals surface area contributed by atoms with Crippen LogP contribution in [0.15, 0.2) is 12.4 Å². The first-order chi connectivity index (χ1) is 11.4. The standard InChI is InChI=1S/C16H24F2N4O2/c1-12-19-4-7-21(12)9-15(24)20-5-2-13(3-6-20)22-11-16(17,18)8-14(22)10-23/h4,7,13-14,23H,2-3,5-6,8-11H2,1H3/t14-/m0/s1. The van der Waals surface area contributed by atoms with Crippen LogP contribution in [-0.2, 0) is 11.3 Å². The predicted octanol–water partition coefficient (Wildman–Crippen LogP) is 0.884. The number of alkyl halides is 2. The van der Waals surface area contributed by atoms with Gasteiger partial charge in [0.15, 0.2) is 0 Å². The summed E-state index contributed by atoms with van der Waals surface area (Å²) in [7, 11) is 0. The van der Waals surface area contributed by atoms with Crippen molar-refractivity contribution in [1.82, 2.24) is 19.4 Å². The number of aliphatic hydroxyl groups excluding tert-OH is 1. The maximum atomic E-state index is 13.6. The lowest BCUT2D eigenvalue weighted by Gasteiger charge is -2.38. The van der Waals surface area contributed by atoms with Crippen LogP contribution >= 0.6 is 0 Å². The molecule has 3 rings (SSSR count). The first-order valence-corrected chi connectivity index (χ1v) is 8.39. The fourth-order valence-electron chi connectivity index (χ4n) is 3.78. The first-order valence-electron chi connectivity index (χ1n) is 8.39. The van der Waals surface area contributed by atoms with E-state index in [0.717, 1.165) is 5.82 Å². The molecule has 1 N–H and O–H groups in total. The van der Waals surface area contributed by atoms with Gasteiger partial charge in [0, 0.05) is 44.0 Å². The van der Waals surface area contributed by atoms with Gasteiger partial charge in [-0.15, -0.1) is 0 Å². The van der Waals surface area contributed by atoms with Crippen molar-refractivity contribution < 1.29 is 18.7 Å². The molecule has 1 amide bonds. The summed E-state index contributed by atoms with van der Waals surface area (Å²) in [4.78, 5) is 20.0. The molecule has 2 fully saturated rings. The molecule has 0 aliphatic carbocycles. The van der Waals surface area contributed by atoms with Gasteiger partial charge in [-0.1, -0.05) is 0 Å². The normalized spacial score (nSPS) is 25.3. The Morgan fingerprint density at radius 3 is 2.71 bits per heavy atom. The highest BCUT2D eigenvalue weighted by molar-refractivity contribution is 5.76. The molecule has 0 bridgehead atoms. The van der Waals surface area contributed by atoms with Gasteiger partial charge in [0.05, 0.1) is 13.2 Å². The minimum atomic E-state index is -2.72. The van der Waals surface area contributed by atoms with Crippen molar-refractivity contribution in [2.45, 2.75) is 50.7 Å². The van der Waals surface area contributed by atoms with Gasteiger partial charge in [0.1, 0.15) is 12.4 Å². The van der Waals surface area contributed by atoms with Crippen LogP contribution in [0.1, 0.15) is 25.1 Å². The van der Waals surface area contributed by atoms with Crippen molar-refractivity contribution in [3.05, 3.63) is 18.2 Å². The van der Waals surface area contributed by atoms with E-state index in [9.17, 15) is 18.7 Å². The highest BCUT2D eigenvalue weighted by atomic mass is 19.3. The Morgan fingerprint density at radius 2 is 2.12 bits per heavy atom. The molecule has 2 aliphatic heterocycles. The Morgan fingerprint density at radius 1 is 1.42 bits per heavy atom. The molecular weight excluding hydrogens is 318 g/mol. The van der Waals surface area contributed by atoms with Gasteiger partial charge in [0.25, 0.3) is 5.92 Å². The van der Waals surface area contributed by atoms with E-state index < -0.39 is 12.0 Å². The Bertz CT molecular complexity index is 584. The number of aromatic nitrogens is 2. The summed E-state index contributed by atoms with van der Waals surface area (Å²) >= 11 is 0. The molecule has 0 radical (unpaired) electrons. The summed E-state index contributed by atoms with van der Waals surface area (Å²) in [5.41, 5.74) is 0. The van der Waals surface area contributed by atoms with Crippen molar-refractivity contribution in [2.75, 3.05) is 26.2 Å². The average molecular weight is 342 g/mol. The topological polar surface area (TPSA) is 61.6 Å². The minimum absolute atomic E-state index is 0.00885. The number of amides is 1. The van der Waals surface area contributed by atoms with E-state index in [0.29, 0.717) is 25.9 Å². The van der Waals surface area contributed by atoms with E-state index in [1.165, 1.54) is 0 Å². The molecule has 2 saturated heterocycles. The number of halogens is 2. The average Bonchev–Trinajstić information content (AvgIpc) is 3.10. The number of aliphatic hydroxyl groups is 1. The zero-order valence-corrected chi connectivity index (χ0v) is 13.9. The van der Waals surface area contributed by atoms with E-state index in [-0.39, 0.29) is 38.1 Å². The molecule has 0 spiro atoms. The molecule has 134 valence electrons. The SMILES string of the molecule is Cc1nccn1CC(=O)N1CCC(N2CC(F)(F)C[C@H]2CO)CC1. The predicted molar refractivity (Wildman–Crippen MR) is 83.7 cm³/mol. The zero-order chi connectivity index (χ0) is 17.3. The molecule has 0 aromatic carbocycles. The Hall–Kier alpha value is -1.54. The molecule has 3 heterocycles. The van der Waals surface area contributed by atoms with Crippen LogP contribution in [0.4, 0.5) is 8.78 Å². The quantitative estimate of drug-likeness (QED) is 0.883. The van der Waals surface area contributed by atoms with Crippen LogP contribution in [0.3, 0.4) is 0 Å². The number of imidazole rings is 1. The van der Waals surface area contributed by atoms with Crippen molar-refractivity contribution in [3.63, 3.8) is 0 Å². The Labute approximate surface area is 140 Å². The maximum absolute atomic E-state index is 13.6. The molecule has 8 heteroatoms. The van der Waals surface area contributed by atoms with E-state index in [4.69, 9.17) is 0 Å². The summed E-state index contributed by atoms with van der Waals surface area (Å²) in [6, 6.07) is -0.463. The van der Waals surface area contributed by atoms with Gasteiger partial charge < -0.3 is 14.6 Å². The van der Waals surface area contributed by atoms with Gasteiger partial charge in [0.2, 0.25) is 5.91 Å². The highest BCUT2D eigenvalue weighted by Crippen LogP contribution is 2.35. The first kappa shape index (κ1) is 17.3. The van der Waals surface area contributed by atoms with Crippen LogP contribution < -0.4 is 0 Å². The molecule has 6 nitrogen and oxygen atoms in total. The van der Waals surface area contributed by atoms with Crippen LogP contribution in [-0.4, -0.2) is 74.6 Å². The summed E-state index contributed by atoms with van der Waals surface area (Å²) in [5, 5.41) is 9.36. The second-order valence-electron chi connectivity index (χ2n) is 6.78. The molecule has 1 atom stereocenters. The van der Waals surface area contributed by atoms with Crippen LogP contribution in [0.25, 0.3) is 0 Å². The summed E-state index contributed by atoms with van der Waals surface area (Å²) in [6.45, 7) is 2.72. The van der Waals surface area contributed by atoms with Crippen molar-refractivity contribution in [2.24, 2.45) is 0 Å². The van der Waals surface area contributed by atoms with Crippen molar-refractivity contribution in [1.29, 1.82) is 0 Å². The number of hydrogen-bond acceptors (Lipinski definition) is 4. The van der Waals surface area contributed by atoms with Crippen molar-refractivity contribution in [3.8, 4) is 0 Å². The smallest absolute Gasteiger partial charge is 0.262 e.